The van der Waals surface area contributed by atoms with Gasteiger partial charge in [0.25, 0.3) is 0 Å². The van der Waals surface area contributed by atoms with Crippen LogP contribution < -0.4 is 5.73 Å². The van der Waals surface area contributed by atoms with Crippen molar-refractivity contribution in [3.63, 3.8) is 0 Å². The van der Waals surface area contributed by atoms with E-state index < -0.39 is 0 Å². The van der Waals surface area contributed by atoms with Gasteiger partial charge in [-0.3, -0.25) is 0 Å². The lowest BCUT2D eigenvalue weighted by atomic mass is 9.48. The van der Waals surface area contributed by atoms with Crippen LogP contribution in [0, 0.1) is 28.6 Å². The van der Waals surface area contributed by atoms with Crippen molar-refractivity contribution in [2.75, 3.05) is 6.54 Å². The molecule has 120 valence electrons. The molecule has 0 saturated heterocycles. The van der Waals surface area contributed by atoms with Gasteiger partial charge in [0.05, 0.1) is 0 Å². The SMILES string of the molecule is CC(C)[C@@H]1CCC2=C(CCC3[C@](C)(CN)CCC[C@]23C)C1. The fraction of sp³-hybridized carbons (Fsp3) is 0.900. The Morgan fingerprint density at radius 1 is 1.14 bits per heavy atom. The summed E-state index contributed by atoms with van der Waals surface area (Å²) in [6.07, 6.45) is 11.1. The highest BCUT2D eigenvalue weighted by Crippen LogP contribution is 2.62. The lowest BCUT2D eigenvalue weighted by Gasteiger charge is -2.57. The summed E-state index contributed by atoms with van der Waals surface area (Å²) in [7, 11) is 0. The molecule has 3 aliphatic rings. The molecule has 0 aromatic rings. The maximum Gasteiger partial charge on any atom is -0.00202 e. The predicted molar refractivity (Wildman–Crippen MR) is 91.0 cm³/mol. The minimum Gasteiger partial charge on any atom is -0.330 e. The summed E-state index contributed by atoms with van der Waals surface area (Å²) >= 11 is 0. The minimum atomic E-state index is 0.389. The van der Waals surface area contributed by atoms with E-state index in [4.69, 9.17) is 5.73 Å². The largest absolute Gasteiger partial charge is 0.330 e. The van der Waals surface area contributed by atoms with Crippen LogP contribution in [0.3, 0.4) is 0 Å². The van der Waals surface area contributed by atoms with Gasteiger partial charge < -0.3 is 5.73 Å². The highest BCUT2D eigenvalue weighted by atomic mass is 14.7. The third-order valence-electron chi connectivity index (χ3n) is 7.59. The van der Waals surface area contributed by atoms with E-state index in [0.717, 1.165) is 24.3 Å². The smallest absolute Gasteiger partial charge is 0.00202 e. The Morgan fingerprint density at radius 3 is 2.57 bits per heavy atom. The van der Waals surface area contributed by atoms with E-state index in [-0.39, 0.29) is 0 Å². The molecule has 1 heteroatoms. The summed E-state index contributed by atoms with van der Waals surface area (Å²) in [6, 6.07) is 0. The summed E-state index contributed by atoms with van der Waals surface area (Å²) in [5.41, 5.74) is 10.8. The Morgan fingerprint density at radius 2 is 1.90 bits per heavy atom. The van der Waals surface area contributed by atoms with E-state index >= 15 is 0 Å². The number of rotatable bonds is 2. The molecule has 1 nitrogen and oxygen atoms in total. The van der Waals surface area contributed by atoms with Gasteiger partial charge in [-0.2, -0.15) is 0 Å². The van der Waals surface area contributed by atoms with Gasteiger partial charge in [-0.25, -0.2) is 0 Å². The molecule has 1 unspecified atom stereocenters. The molecule has 0 bridgehead atoms. The van der Waals surface area contributed by atoms with Crippen LogP contribution in [0.1, 0.15) is 79.1 Å². The summed E-state index contributed by atoms with van der Waals surface area (Å²) < 4.78 is 0. The third kappa shape index (κ3) is 2.40. The minimum absolute atomic E-state index is 0.389. The monoisotopic (exact) mass is 289 g/mol. The Bertz CT molecular complexity index is 435. The topological polar surface area (TPSA) is 26.0 Å². The summed E-state index contributed by atoms with van der Waals surface area (Å²) in [5.74, 6) is 2.62. The van der Waals surface area contributed by atoms with Crippen LogP contribution in [0.25, 0.3) is 0 Å². The van der Waals surface area contributed by atoms with Crippen molar-refractivity contribution in [1.29, 1.82) is 0 Å². The van der Waals surface area contributed by atoms with Gasteiger partial charge in [0.2, 0.25) is 0 Å². The van der Waals surface area contributed by atoms with Crippen molar-refractivity contribution in [3.8, 4) is 0 Å². The molecule has 0 aromatic carbocycles. The van der Waals surface area contributed by atoms with E-state index in [0.29, 0.717) is 10.8 Å². The van der Waals surface area contributed by atoms with Crippen LogP contribution in [-0.4, -0.2) is 6.54 Å². The summed E-state index contributed by atoms with van der Waals surface area (Å²) in [4.78, 5) is 0. The molecular weight excluding hydrogens is 254 g/mol. The second-order valence-electron chi connectivity index (χ2n) is 9.05. The van der Waals surface area contributed by atoms with Gasteiger partial charge in [0.15, 0.2) is 0 Å². The zero-order valence-electron chi connectivity index (χ0n) is 14.7. The van der Waals surface area contributed by atoms with Gasteiger partial charge >= 0.3 is 0 Å². The quantitative estimate of drug-likeness (QED) is 0.685. The molecule has 4 atom stereocenters. The van der Waals surface area contributed by atoms with E-state index in [9.17, 15) is 0 Å². The van der Waals surface area contributed by atoms with E-state index in [1.54, 1.807) is 0 Å². The Hall–Kier alpha value is -0.300. The molecule has 2 N–H and O–H groups in total. The van der Waals surface area contributed by atoms with Gasteiger partial charge in [-0.1, -0.05) is 45.3 Å². The van der Waals surface area contributed by atoms with Gasteiger partial charge in [0, 0.05) is 0 Å². The fourth-order valence-corrected chi connectivity index (χ4v) is 6.13. The van der Waals surface area contributed by atoms with Gasteiger partial charge in [-0.05, 0) is 80.1 Å². The van der Waals surface area contributed by atoms with Gasteiger partial charge in [-0.15, -0.1) is 0 Å². The number of fused-ring (bicyclic) bond motifs is 2. The molecule has 0 spiro atoms. The molecule has 1 saturated carbocycles. The lowest BCUT2D eigenvalue weighted by molar-refractivity contribution is -0.000304. The van der Waals surface area contributed by atoms with Crippen LogP contribution in [0.2, 0.25) is 0 Å². The molecule has 0 aliphatic heterocycles. The van der Waals surface area contributed by atoms with Crippen LogP contribution in [0.5, 0.6) is 0 Å². The zero-order chi connectivity index (χ0) is 15.3. The van der Waals surface area contributed by atoms with Crippen molar-refractivity contribution in [3.05, 3.63) is 11.1 Å². The summed E-state index contributed by atoms with van der Waals surface area (Å²) in [6.45, 7) is 10.8. The zero-order valence-corrected chi connectivity index (χ0v) is 14.7. The molecule has 0 aromatic heterocycles. The Balaban J connectivity index is 1.92. The van der Waals surface area contributed by atoms with E-state index in [1.165, 1.54) is 51.4 Å². The molecule has 3 rings (SSSR count). The molecular formula is C20H35N. The number of hydrogen-bond donors (Lipinski definition) is 1. The lowest BCUT2D eigenvalue weighted by Crippen LogP contribution is -2.50. The highest BCUT2D eigenvalue weighted by Gasteiger charge is 2.52. The first kappa shape index (κ1) is 15.6. The maximum atomic E-state index is 6.22. The molecule has 1 fully saturated rings. The van der Waals surface area contributed by atoms with Crippen LogP contribution in [-0.2, 0) is 0 Å². The first-order valence-corrected chi connectivity index (χ1v) is 9.32. The number of hydrogen-bond acceptors (Lipinski definition) is 1. The second kappa shape index (κ2) is 5.41. The average Bonchev–Trinajstić information content (AvgIpc) is 2.46. The first-order chi connectivity index (χ1) is 9.90. The van der Waals surface area contributed by atoms with Crippen molar-refractivity contribution >= 4 is 0 Å². The fourth-order valence-electron chi connectivity index (χ4n) is 6.13. The van der Waals surface area contributed by atoms with Crippen molar-refractivity contribution in [2.24, 2.45) is 34.3 Å². The normalized spacial score (nSPS) is 43.7. The number of nitrogens with two attached hydrogens (primary N) is 1. The number of allylic oxidation sites excluding steroid dienone is 2. The summed E-state index contributed by atoms with van der Waals surface area (Å²) in [5, 5.41) is 0. The van der Waals surface area contributed by atoms with E-state index in [1.807, 2.05) is 11.1 Å². The molecule has 0 heterocycles. The van der Waals surface area contributed by atoms with Crippen molar-refractivity contribution < 1.29 is 0 Å². The Kier molecular flexibility index (Phi) is 4.01. The molecule has 3 aliphatic carbocycles. The third-order valence-corrected chi connectivity index (χ3v) is 7.59. The van der Waals surface area contributed by atoms with Crippen LogP contribution in [0.15, 0.2) is 11.1 Å². The first-order valence-electron chi connectivity index (χ1n) is 9.32. The van der Waals surface area contributed by atoms with Crippen LogP contribution >= 0.6 is 0 Å². The highest BCUT2D eigenvalue weighted by molar-refractivity contribution is 5.30. The molecule has 0 radical (unpaired) electrons. The second-order valence-corrected chi connectivity index (χ2v) is 9.05. The van der Waals surface area contributed by atoms with Crippen molar-refractivity contribution in [1.82, 2.24) is 0 Å². The predicted octanol–water partition coefficient (Wildman–Crippen LogP) is 5.30. The molecule has 0 amide bonds. The maximum absolute atomic E-state index is 6.22. The molecule has 21 heavy (non-hydrogen) atoms. The van der Waals surface area contributed by atoms with Crippen LogP contribution in [0.4, 0.5) is 0 Å². The average molecular weight is 290 g/mol. The van der Waals surface area contributed by atoms with Gasteiger partial charge in [0.1, 0.15) is 0 Å². The Labute approximate surface area is 131 Å². The van der Waals surface area contributed by atoms with Crippen molar-refractivity contribution in [2.45, 2.75) is 79.1 Å². The van der Waals surface area contributed by atoms with E-state index in [2.05, 4.69) is 27.7 Å². The standard InChI is InChI=1S/C20H35N/c1-14(2)15-6-8-17-16(12-15)7-9-18-19(3,13-21)10-5-11-20(17,18)4/h14-15,18H,5-13,21H2,1-4H3/t15-,18?,19+,20-/m1/s1.